The second-order valence-corrected chi connectivity index (χ2v) is 6.96. The molecule has 1 N–H and O–H groups in total. The SMILES string of the molecule is N#Cc1ccccc1CSc1ncc(CO)n1Cc1ccc2c(c1)OCO2. The molecule has 0 saturated heterocycles. The van der Waals surface area contributed by atoms with Crippen molar-refractivity contribution in [2.24, 2.45) is 0 Å². The Balaban J connectivity index is 1.56. The Labute approximate surface area is 161 Å². The molecule has 0 bridgehead atoms. The maximum absolute atomic E-state index is 9.67. The van der Waals surface area contributed by atoms with Crippen LogP contribution in [0.25, 0.3) is 0 Å². The standard InChI is InChI=1S/C20H17N3O3S/c21-8-15-3-1-2-4-16(15)12-27-20-22-9-17(11-24)23(20)10-14-5-6-18-19(7-14)26-13-25-18/h1-7,9,24H,10-13H2. The molecule has 0 spiro atoms. The lowest BCUT2D eigenvalue weighted by molar-refractivity contribution is 0.174. The summed E-state index contributed by atoms with van der Waals surface area (Å²) in [5.74, 6) is 2.11. The molecule has 136 valence electrons. The van der Waals surface area contributed by atoms with Crippen molar-refractivity contribution < 1.29 is 14.6 Å². The van der Waals surface area contributed by atoms with Gasteiger partial charge >= 0.3 is 0 Å². The van der Waals surface area contributed by atoms with Crippen LogP contribution in [0.3, 0.4) is 0 Å². The number of benzene rings is 2. The van der Waals surface area contributed by atoms with Crippen LogP contribution in [0.5, 0.6) is 11.5 Å². The lowest BCUT2D eigenvalue weighted by Crippen LogP contribution is -2.06. The Bertz CT molecular complexity index is 1010. The molecule has 0 saturated carbocycles. The maximum Gasteiger partial charge on any atom is 0.231 e. The monoisotopic (exact) mass is 379 g/mol. The van der Waals surface area contributed by atoms with E-state index in [1.54, 1.807) is 18.0 Å². The normalized spacial score (nSPS) is 12.1. The number of aliphatic hydroxyl groups is 1. The molecular formula is C20H17N3O3S. The van der Waals surface area contributed by atoms with Crippen LogP contribution >= 0.6 is 11.8 Å². The molecule has 0 aliphatic carbocycles. The summed E-state index contributed by atoms with van der Waals surface area (Å²) in [6.07, 6.45) is 1.69. The van der Waals surface area contributed by atoms with Gasteiger partial charge in [0.1, 0.15) is 0 Å². The van der Waals surface area contributed by atoms with Crippen molar-refractivity contribution in [1.29, 1.82) is 5.26 Å². The number of rotatable bonds is 6. The quantitative estimate of drug-likeness (QED) is 0.662. The largest absolute Gasteiger partial charge is 0.454 e. The fourth-order valence-electron chi connectivity index (χ4n) is 2.92. The summed E-state index contributed by atoms with van der Waals surface area (Å²) in [6.45, 7) is 0.715. The van der Waals surface area contributed by atoms with E-state index in [2.05, 4.69) is 11.1 Å². The Morgan fingerprint density at radius 1 is 1.19 bits per heavy atom. The van der Waals surface area contributed by atoms with Crippen LogP contribution in [-0.2, 0) is 18.9 Å². The molecule has 0 radical (unpaired) electrons. The molecule has 0 amide bonds. The van der Waals surface area contributed by atoms with E-state index in [1.807, 2.05) is 47.0 Å². The van der Waals surface area contributed by atoms with Crippen molar-refractivity contribution in [3.63, 3.8) is 0 Å². The van der Waals surface area contributed by atoms with E-state index >= 15 is 0 Å². The number of aliphatic hydroxyl groups excluding tert-OH is 1. The van der Waals surface area contributed by atoms with E-state index in [0.29, 0.717) is 17.9 Å². The summed E-state index contributed by atoms with van der Waals surface area (Å²) in [4.78, 5) is 4.45. The van der Waals surface area contributed by atoms with Gasteiger partial charge in [-0.3, -0.25) is 0 Å². The van der Waals surface area contributed by atoms with Crippen molar-refractivity contribution in [2.75, 3.05) is 6.79 Å². The van der Waals surface area contributed by atoms with Gasteiger partial charge in [-0.1, -0.05) is 36.0 Å². The lowest BCUT2D eigenvalue weighted by atomic mass is 10.1. The van der Waals surface area contributed by atoms with Gasteiger partial charge < -0.3 is 19.1 Å². The molecule has 3 aromatic rings. The summed E-state index contributed by atoms with van der Waals surface area (Å²) in [7, 11) is 0. The lowest BCUT2D eigenvalue weighted by Gasteiger charge is -2.12. The summed E-state index contributed by atoms with van der Waals surface area (Å²) in [5.41, 5.74) is 3.41. The smallest absolute Gasteiger partial charge is 0.231 e. The Morgan fingerprint density at radius 3 is 2.89 bits per heavy atom. The second kappa shape index (κ2) is 7.74. The highest BCUT2D eigenvalue weighted by Crippen LogP contribution is 2.33. The first-order valence-corrected chi connectivity index (χ1v) is 9.41. The average Bonchev–Trinajstić information content (AvgIpc) is 3.33. The minimum Gasteiger partial charge on any atom is -0.454 e. The Morgan fingerprint density at radius 2 is 2.04 bits per heavy atom. The predicted octanol–water partition coefficient (Wildman–Crippen LogP) is 3.32. The van der Waals surface area contributed by atoms with Crippen LogP contribution in [-0.4, -0.2) is 21.5 Å². The fourth-order valence-corrected chi connectivity index (χ4v) is 3.92. The van der Waals surface area contributed by atoms with Gasteiger partial charge in [0.2, 0.25) is 6.79 Å². The van der Waals surface area contributed by atoms with Gasteiger partial charge in [-0.25, -0.2) is 4.98 Å². The van der Waals surface area contributed by atoms with Crippen molar-refractivity contribution in [3.8, 4) is 17.6 Å². The number of hydrogen-bond acceptors (Lipinski definition) is 6. The summed E-state index contributed by atoms with van der Waals surface area (Å²) < 4.78 is 12.8. The van der Waals surface area contributed by atoms with E-state index in [9.17, 15) is 10.4 Å². The molecule has 7 heteroatoms. The van der Waals surface area contributed by atoms with Gasteiger partial charge in [0, 0.05) is 5.75 Å². The van der Waals surface area contributed by atoms with Crippen molar-refractivity contribution in [3.05, 3.63) is 71.0 Å². The Hall–Kier alpha value is -2.95. The van der Waals surface area contributed by atoms with Gasteiger partial charge in [0.15, 0.2) is 16.7 Å². The molecule has 2 aromatic carbocycles. The summed E-state index contributed by atoms with van der Waals surface area (Å²) in [5, 5.41) is 19.7. The number of hydrogen-bond donors (Lipinski definition) is 1. The first-order valence-electron chi connectivity index (χ1n) is 8.43. The minimum atomic E-state index is -0.0904. The second-order valence-electron chi connectivity index (χ2n) is 6.02. The molecule has 27 heavy (non-hydrogen) atoms. The first kappa shape index (κ1) is 17.5. The molecule has 1 aromatic heterocycles. The van der Waals surface area contributed by atoms with E-state index in [1.165, 1.54) is 0 Å². The summed E-state index contributed by atoms with van der Waals surface area (Å²) >= 11 is 1.54. The number of imidazole rings is 1. The first-order chi connectivity index (χ1) is 13.3. The zero-order chi connectivity index (χ0) is 18.6. The number of nitrogens with zero attached hydrogens (tertiary/aromatic N) is 3. The average molecular weight is 379 g/mol. The number of aromatic nitrogens is 2. The predicted molar refractivity (Wildman–Crippen MR) is 101 cm³/mol. The van der Waals surface area contributed by atoms with Crippen molar-refractivity contribution in [2.45, 2.75) is 24.1 Å². The fraction of sp³-hybridized carbons (Fsp3) is 0.200. The topological polar surface area (TPSA) is 80.3 Å². The van der Waals surface area contributed by atoms with Crippen molar-refractivity contribution in [1.82, 2.24) is 9.55 Å². The molecule has 2 heterocycles. The molecule has 6 nitrogen and oxygen atoms in total. The maximum atomic E-state index is 9.67. The number of fused-ring (bicyclic) bond motifs is 1. The third-order valence-corrected chi connectivity index (χ3v) is 5.38. The molecular weight excluding hydrogens is 362 g/mol. The van der Waals surface area contributed by atoms with E-state index < -0.39 is 0 Å². The van der Waals surface area contributed by atoms with E-state index in [0.717, 1.165) is 33.5 Å². The highest BCUT2D eigenvalue weighted by Gasteiger charge is 2.16. The van der Waals surface area contributed by atoms with Gasteiger partial charge in [-0.2, -0.15) is 5.26 Å². The molecule has 1 aliphatic heterocycles. The molecule has 0 fully saturated rings. The zero-order valence-corrected chi connectivity index (χ0v) is 15.3. The molecule has 4 rings (SSSR count). The number of ether oxygens (including phenoxy) is 2. The van der Waals surface area contributed by atoms with Crippen LogP contribution in [0.15, 0.2) is 53.8 Å². The van der Waals surface area contributed by atoms with Crippen LogP contribution in [0.4, 0.5) is 0 Å². The third-order valence-electron chi connectivity index (χ3n) is 4.34. The minimum absolute atomic E-state index is 0.0904. The van der Waals surface area contributed by atoms with Crippen LogP contribution in [0, 0.1) is 11.3 Å². The van der Waals surface area contributed by atoms with Crippen LogP contribution in [0.1, 0.15) is 22.4 Å². The van der Waals surface area contributed by atoms with Crippen LogP contribution < -0.4 is 9.47 Å². The molecule has 0 unspecified atom stereocenters. The van der Waals surface area contributed by atoms with Crippen LogP contribution in [0.2, 0.25) is 0 Å². The molecule has 1 aliphatic rings. The zero-order valence-electron chi connectivity index (χ0n) is 14.5. The Kier molecular flexibility index (Phi) is 5.01. The van der Waals surface area contributed by atoms with E-state index in [-0.39, 0.29) is 13.4 Å². The molecule has 0 atom stereocenters. The van der Waals surface area contributed by atoms with Gasteiger partial charge in [-0.15, -0.1) is 0 Å². The highest BCUT2D eigenvalue weighted by atomic mass is 32.2. The number of nitriles is 1. The van der Waals surface area contributed by atoms with E-state index in [4.69, 9.17) is 9.47 Å². The third kappa shape index (κ3) is 3.63. The number of thioether (sulfide) groups is 1. The van der Waals surface area contributed by atoms with Crippen molar-refractivity contribution >= 4 is 11.8 Å². The summed E-state index contributed by atoms with van der Waals surface area (Å²) in [6, 6.07) is 15.6. The van der Waals surface area contributed by atoms with Gasteiger partial charge in [0.05, 0.1) is 36.7 Å². The van der Waals surface area contributed by atoms with Gasteiger partial charge in [0.25, 0.3) is 0 Å². The highest BCUT2D eigenvalue weighted by molar-refractivity contribution is 7.98. The van der Waals surface area contributed by atoms with Gasteiger partial charge in [-0.05, 0) is 29.3 Å².